The largest absolute Gasteiger partial charge is 0.391 e. The number of carbonyl (C=O) groups excluding carboxylic acids is 1. The van der Waals surface area contributed by atoms with E-state index in [9.17, 15) is 9.90 Å². The third-order valence-corrected chi connectivity index (χ3v) is 5.97. The summed E-state index contributed by atoms with van der Waals surface area (Å²) in [7, 11) is 0. The van der Waals surface area contributed by atoms with Gasteiger partial charge in [0, 0.05) is 31.2 Å². The molecule has 0 aromatic carbocycles. The molecule has 2 aromatic rings. The van der Waals surface area contributed by atoms with Crippen molar-refractivity contribution in [3.63, 3.8) is 0 Å². The van der Waals surface area contributed by atoms with Crippen LogP contribution in [0.1, 0.15) is 55.3 Å². The number of pyridine rings is 1. The Morgan fingerprint density at radius 3 is 2.86 bits per heavy atom. The van der Waals surface area contributed by atoms with Crippen molar-refractivity contribution in [1.82, 2.24) is 19.9 Å². The zero-order chi connectivity index (χ0) is 19.3. The van der Waals surface area contributed by atoms with Crippen molar-refractivity contribution >= 4 is 11.7 Å². The van der Waals surface area contributed by atoms with E-state index in [1.54, 1.807) is 30.9 Å². The summed E-state index contributed by atoms with van der Waals surface area (Å²) in [5.74, 6) is 0.845. The summed E-state index contributed by atoms with van der Waals surface area (Å²) in [6.45, 7) is 0.840. The first-order valence-corrected chi connectivity index (χ1v) is 10.4. The highest BCUT2D eigenvalue weighted by Gasteiger charge is 2.34. The van der Waals surface area contributed by atoms with Gasteiger partial charge in [-0.1, -0.05) is 19.3 Å². The monoisotopic (exact) mass is 383 g/mol. The van der Waals surface area contributed by atoms with E-state index in [-0.39, 0.29) is 18.0 Å². The second-order valence-corrected chi connectivity index (χ2v) is 8.12. The molecule has 7 heteroatoms. The molecule has 3 N–H and O–H groups in total. The summed E-state index contributed by atoms with van der Waals surface area (Å²) in [5, 5.41) is 17.0. The smallest absolute Gasteiger partial charge is 0.255 e. The number of hydrogen-bond donors (Lipinski definition) is 3. The number of rotatable bonds is 6. The lowest BCUT2D eigenvalue weighted by Crippen LogP contribution is -2.37. The Bertz CT molecular complexity index is 773. The fraction of sp³-hybridized carbons (Fsp3) is 0.571. The topological polar surface area (TPSA) is 92.1 Å². The molecule has 0 spiro atoms. The Balaban J connectivity index is 1.39. The zero-order valence-corrected chi connectivity index (χ0v) is 16.1. The Morgan fingerprint density at radius 1 is 1.21 bits per heavy atom. The molecule has 2 saturated carbocycles. The van der Waals surface area contributed by atoms with Crippen molar-refractivity contribution < 1.29 is 9.90 Å². The second-order valence-electron chi connectivity index (χ2n) is 8.12. The minimum absolute atomic E-state index is 0.0787. The lowest BCUT2D eigenvalue weighted by molar-refractivity contribution is 0.0928. The van der Waals surface area contributed by atoms with Crippen LogP contribution in [0.25, 0.3) is 0 Å². The van der Waals surface area contributed by atoms with Crippen LogP contribution in [0.2, 0.25) is 0 Å². The van der Waals surface area contributed by atoms with E-state index in [4.69, 9.17) is 0 Å². The number of aliphatic hydroxyl groups is 1. The van der Waals surface area contributed by atoms with Gasteiger partial charge in [-0.3, -0.25) is 4.79 Å². The van der Waals surface area contributed by atoms with Crippen molar-refractivity contribution in [2.75, 3.05) is 5.32 Å². The molecule has 3 atom stereocenters. The molecule has 150 valence electrons. The Hall–Kier alpha value is -2.41. The fourth-order valence-corrected chi connectivity index (χ4v) is 4.50. The van der Waals surface area contributed by atoms with Gasteiger partial charge in [-0.15, -0.1) is 0 Å². The third-order valence-electron chi connectivity index (χ3n) is 5.97. The average molecular weight is 383 g/mol. The highest BCUT2D eigenvalue weighted by Crippen LogP contribution is 2.30. The highest BCUT2D eigenvalue weighted by atomic mass is 16.3. The molecular formula is C21H29N5O2. The van der Waals surface area contributed by atoms with Crippen molar-refractivity contribution in [2.45, 2.75) is 69.7 Å². The number of amides is 1. The third kappa shape index (κ3) is 4.52. The van der Waals surface area contributed by atoms with Gasteiger partial charge in [0.1, 0.15) is 5.82 Å². The maximum absolute atomic E-state index is 12.8. The van der Waals surface area contributed by atoms with Gasteiger partial charge >= 0.3 is 0 Å². The van der Waals surface area contributed by atoms with Gasteiger partial charge in [-0.25, -0.2) is 9.97 Å². The molecule has 0 radical (unpaired) electrons. The van der Waals surface area contributed by atoms with E-state index in [0.717, 1.165) is 32.2 Å². The predicted molar refractivity (Wildman–Crippen MR) is 107 cm³/mol. The van der Waals surface area contributed by atoms with E-state index in [0.29, 0.717) is 17.3 Å². The first kappa shape index (κ1) is 18.9. The van der Waals surface area contributed by atoms with Crippen LogP contribution in [0.4, 0.5) is 5.82 Å². The molecule has 2 aromatic heterocycles. The lowest BCUT2D eigenvalue weighted by atomic mass is 9.95. The molecule has 0 bridgehead atoms. The number of nitrogens with zero attached hydrogens (tertiary/aromatic N) is 3. The van der Waals surface area contributed by atoms with Crippen LogP contribution in [-0.2, 0) is 6.54 Å². The summed E-state index contributed by atoms with van der Waals surface area (Å²) in [6, 6.07) is 3.74. The predicted octanol–water partition coefficient (Wildman–Crippen LogP) is 2.59. The number of carbonyl (C=O) groups is 1. The number of hydrogen-bond acceptors (Lipinski definition) is 5. The lowest BCUT2D eigenvalue weighted by Gasteiger charge is -2.24. The Kier molecular flexibility index (Phi) is 5.90. The van der Waals surface area contributed by atoms with Gasteiger partial charge < -0.3 is 20.3 Å². The minimum atomic E-state index is -0.454. The van der Waals surface area contributed by atoms with E-state index in [1.807, 2.05) is 10.8 Å². The van der Waals surface area contributed by atoms with Crippen LogP contribution in [0, 0.1) is 5.92 Å². The molecule has 1 amide bonds. The van der Waals surface area contributed by atoms with Gasteiger partial charge in [0.2, 0.25) is 0 Å². The highest BCUT2D eigenvalue weighted by molar-refractivity contribution is 5.98. The van der Waals surface area contributed by atoms with E-state index in [2.05, 4.69) is 20.6 Å². The van der Waals surface area contributed by atoms with Gasteiger partial charge in [-0.05, 0) is 43.7 Å². The number of aliphatic hydroxyl groups excluding tert-OH is 1. The maximum atomic E-state index is 12.8. The number of nitrogens with one attached hydrogen (secondary N) is 2. The van der Waals surface area contributed by atoms with Crippen LogP contribution in [0.15, 0.2) is 37.1 Å². The summed E-state index contributed by atoms with van der Waals surface area (Å²) in [5.41, 5.74) is 0.554. The molecule has 28 heavy (non-hydrogen) atoms. The van der Waals surface area contributed by atoms with Crippen LogP contribution in [0.3, 0.4) is 0 Å². The first-order chi connectivity index (χ1) is 13.7. The van der Waals surface area contributed by atoms with Crippen molar-refractivity contribution in [3.05, 3.63) is 42.6 Å². The van der Waals surface area contributed by atoms with Crippen LogP contribution in [0.5, 0.6) is 0 Å². The van der Waals surface area contributed by atoms with Gasteiger partial charge in [0.05, 0.1) is 24.0 Å². The van der Waals surface area contributed by atoms with Gasteiger partial charge in [-0.2, -0.15) is 0 Å². The number of anilines is 1. The van der Waals surface area contributed by atoms with Crippen LogP contribution >= 0.6 is 0 Å². The van der Waals surface area contributed by atoms with Gasteiger partial charge in [0.25, 0.3) is 5.91 Å². The standard InChI is InChI=1S/C21H29N5O2/c27-19-12-15(13-26-10-9-22-14-26)11-18(19)25-20-17(7-4-8-23-20)21(28)24-16-5-2-1-3-6-16/h4,7-10,14-16,18-19,27H,1-3,5-6,11-13H2,(H,23,25)(H,24,28)/t15?,18-,19-/m1/s1. The molecule has 2 fully saturated rings. The van der Waals surface area contributed by atoms with Crippen molar-refractivity contribution in [2.24, 2.45) is 5.92 Å². The summed E-state index contributed by atoms with van der Waals surface area (Å²) < 4.78 is 2.05. The SMILES string of the molecule is O=C(NC1CCCCC1)c1cccnc1N[C@@H]1CC(Cn2ccnc2)C[C@H]1O. The number of aromatic nitrogens is 3. The molecule has 7 nitrogen and oxygen atoms in total. The normalized spacial score (nSPS) is 25.5. The maximum Gasteiger partial charge on any atom is 0.255 e. The summed E-state index contributed by atoms with van der Waals surface area (Å²) in [6.07, 6.45) is 14.0. The van der Waals surface area contributed by atoms with E-state index >= 15 is 0 Å². The van der Waals surface area contributed by atoms with Crippen molar-refractivity contribution in [1.29, 1.82) is 0 Å². The number of imidazole rings is 1. The molecule has 4 rings (SSSR count). The fourth-order valence-electron chi connectivity index (χ4n) is 4.50. The molecule has 2 aliphatic rings. The van der Waals surface area contributed by atoms with Crippen LogP contribution in [-0.4, -0.2) is 43.7 Å². The molecular weight excluding hydrogens is 354 g/mol. The van der Waals surface area contributed by atoms with Crippen molar-refractivity contribution in [3.8, 4) is 0 Å². The summed E-state index contributed by atoms with van der Waals surface area (Å²) >= 11 is 0. The first-order valence-electron chi connectivity index (χ1n) is 10.4. The molecule has 0 aliphatic heterocycles. The molecule has 1 unspecified atom stereocenters. The molecule has 2 aliphatic carbocycles. The summed E-state index contributed by atoms with van der Waals surface area (Å²) in [4.78, 5) is 21.3. The minimum Gasteiger partial charge on any atom is -0.391 e. The average Bonchev–Trinajstić information content (AvgIpc) is 3.33. The quantitative estimate of drug-likeness (QED) is 0.713. The van der Waals surface area contributed by atoms with Crippen LogP contribution < -0.4 is 10.6 Å². The Labute approximate surface area is 165 Å². The molecule has 0 saturated heterocycles. The van der Waals surface area contributed by atoms with E-state index < -0.39 is 6.10 Å². The van der Waals surface area contributed by atoms with E-state index in [1.165, 1.54) is 19.3 Å². The van der Waals surface area contributed by atoms with Gasteiger partial charge in [0.15, 0.2) is 0 Å². The second kappa shape index (κ2) is 8.73. The Morgan fingerprint density at radius 2 is 2.07 bits per heavy atom. The molecule has 2 heterocycles. The zero-order valence-electron chi connectivity index (χ0n) is 16.1.